The highest BCUT2D eigenvalue weighted by atomic mass is 79.9. The molecule has 0 radical (unpaired) electrons. The average molecular weight is 350 g/mol. The number of aromatic amines is 1. The van der Waals surface area contributed by atoms with Crippen molar-refractivity contribution in [2.24, 2.45) is 0 Å². The van der Waals surface area contributed by atoms with Gasteiger partial charge < -0.3 is 5.32 Å². The van der Waals surface area contributed by atoms with Gasteiger partial charge in [-0.05, 0) is 18.2 Å². The Morgan fingerprint density at radius 3 is 2.95 bits per heavy atom. The number of nitro benzene ring substituents is 1. The van der Waals surface area contributed by atoms with Crippen molar-refractivity contribution in [3.8, 4) is 6.07 Å². The van der Waals surface area contributed by atoms with Crippen LogP contribution >= 0.6 is 15.9 Å². The highest BCUT2D eigenvalue weighted by molar-refractivity contribution is 9.10. The van der Waals surface area contributed by atoms with Gasteiger partial charge in [-0.2, -0.15) is 10.5 Å². The number of H-pyrrole nitrogens is 1. The molecule has 0 atom stereocenters. The minimum absolute atomic E-state index is 0.0293. The Kier molecular flexibility index (Phi) is 4.24. The predicted octanol–water partition coefficient (Wildman–Crippen LogP) is 2.16. The largest absolute Gasteiger partial charge is 0.360 e. The summed E-state index contributed by atoms with van der Waals surface area (Å²) in [6.45, 7) is 1.64. The molecule has 0 saturated heterocycles. The van der Waals surface area contributed by atoms with Crippen molar-refractivity contribution in [1.82, 2.24) is 20.6 Å². The molecule has 0 saturated carbocycles. The summed E-state index contributed by atoms with van der Waals surface area (Å²) in [5, 5.41) is 35.7. The fourth-order valence-electron chi connectivity index (χ4n) is 1.52. The van der Waals surface area contributed by atoms with Crippen LogP contribution in [0.5, 0.6) is 0 Å². The minimum Gasteiger partial charge on any atom is -0.360 e. The van der Waals surface area contributed by atoms with E-state index in [1.54, 1.807) is 13.0 Å². The van der Waals surface area contributed by atoms with E-state index in [1.807, 2.05) is 6.07 Å². The number of nitrogens with one attached hydrogen (secondary N) is 2. The number of hydrogen-bond acceptors (Lipinski definition) is 7. The first kappa shape index (κ1) is 14.6. The van der Waals surface area contributed by atoms with Crippen LogP contribution in [0.2, 0.25) is 0 Å². The van der Waals surface area contributed by atoms with E-state index in [1.165, 1.54) is 12.3 Å². The van der Waals surface area contributed by atoms with Gasteiger partial charge in [-0.1, -0.05) is 15.9 Å². The molecule has 1 heterocycles. The highest BCUT2D eigenvalue weighted by Gasteiger charge is 2.15. The average Bonchev–Trinajstić information content (AvgIpc) is 2.97. The molecular weight excluding hydrogens is 342 g/mol. The van der Waals surface area contributed by atoms with Gasteiger partial charge in [0.25, 0.3) is 5.69 Å². The van der Waals surface area contributed by atoms with Crippen molar-refractivity contribution in [3.05, 3.63) is 44.3 Å². The molecule has 21 heavy (non-hydrogen) atoms. The Morgan fingerprint density at radius 2 is 2.38 bits per heavy atom. The quantitative estimate of drug-likeness (QED) is 0.490. The van der Waals surface area contributed by atoms with E-state index in [0.717, 1.165) is 0 Å². The second-order valence-electron chi connectivity index (χ2n) is 3.91. The third-order valence-corrected chi connectivity index (χ3v) is 3.43. The summed E-state index contributed by atoms with van der Waals surface area (Å²) in [5.74, 6) is 0.130. The van der Waals surface area contributed by atoms with Gasteiger partial charge in [0.2, 0.25) is 5.82 Å². The van der Waals surface area contributed by atoms with Gasteiger partial charge in [-0.3, -0.25) is 10.1 Å². The maximum atomic E-state index is 11.0. The van der Waals surface area contributed by atoms with E-state index >= 15 is 0 Å². The van der Waals surface area contributed by atoms with Gasteiger partial charge in [0.05, 0.1) is 4.92 Å². The molecule has 2 N–H and O–H groups in total. The molecule has 1 aromatic heterocycles. The molecule has 0 aliphatic carbocycles. The van der Waals surface area contributed by atoms with Gasteiger partial charge in [0, 0.05) is 28.0 Å². The van der Waals surface area contributed by atoms with Crippen molar-refractivity contribution < 1.29 is 4.92 Å². The third-order valence-electron chi connectivity index (χ3n) is 2.60. The van der Waals surface area contributed by atoms with Crippen LogP contribution in [0, 0.1) is 28.4 Å². The zero-order chi connectivity index (χ0) is 15.4. The van der Waals surface area contributed by atoms with Gasteiger partial charge in [-0.25, -0.2) is 0 Å². The van der Waals surface area contributed by atoms with Crippen LogP contribution in [-0.2, 0) is 0 Å². The second-order valence-corrected chi connectivity index (χ2v) is 4.76. The topological polar surface area (TPSA) is 133 Å². The number of halogens is 1. The number of hydrogen-bond donors (Lipinski definition) is 2. The van der Waals surface area contributed by atoms with Crippen molar-refractivity contribution in [2.45, 2.75) is 6.92 Å². The molecule has 0 amide bonds. The van der Waals surface area contributed by atoms with Gasteiger partial charge in [-0.15, -0.1) is 10.2 Å². The van der Waals surface area contributed by atoms with Crippen molar-refractivity contribution in [1.29, 1.82) is 5.26 Å². The molecule has 0 fully saturated rings. The molecule has 106 valence electrons. The number of anilines is 1. The Labute approximate surface area is 126 Å². The monoisotopic (exact) mass is 349 g/mol. The predicted molar refractivity (Wildman–Crippen MR) is 76.9 cm³/mol. The number of allylic oxidation sites excluding steroid dienone is 1. The van der Waals surface area contributed by atoms with Gasteiger partial charge in [0.1, 0.15) is 11.6 Å². The lowest BCUT2D eigenvalue weighted by atomic mass is 10.2. The number of tetrazole rings is 1. The molecule has 2 aromatic rings. The molecule has 0 bridgehead atoms. The summed E-state index contributed by atoms with van der Waals surface area (Å²) < 4.78 is 0.589. The lowest BCUT2D eigenvalue weighted by molar-refractivity contribution is -0.385. The first-order valence-corrected chi connectivity index (χ1v) is 6.37. The number of benzene rings is 1. The molecule has 9 nitrogen and oxygen atoms in total. The van der Waals surface area contributed by atoms with Crippen molar-refractivity contribution >= 4 is 32.9 Å². The number of nitrogens with zero attached hydrogens (tertiary/aromatic N) is 5. The molecule has 0 aliphatic rings. The summed E-state index contributed by atoms with van der Waals surface area (Å²) in [6, 6.07) is 4.95. The van der Waals surface area contributed by atoms with Gasteiger partial charge >= 0.3 is 0 Å². The highest BCUT2D eigenvalue weighted by Crippen LogP contribution is 2.30. The van der Waals surface area contributed by atoms with Crippen LogP contribution in [0.25, 0.3) is 5.57 Å². The molecule has 2 rings (SSSR count). The van der Waals surface area contributed by atoms with Crippen molar-refractivity contribution in [2.75, 3.05) is 5.32 Å². The van der Waals surface area contributed by atoms with Crippen LogP contribution in [0.15, 0.2) is 22.8 Å². The SMILES string of the molecule is Cc1c(Br)cc(NC=C(C#N)c2nn[nH]n2)cc1[N+](=O)[O-]. The Bertz CT molecular complexity index is 749. The van der Waals surface area contributed by atoms with E-state index in [0.29, 0.717) is 15.7 Å². The van der Waals surface area contributed by atoms with Crippen LogP contribution in [0.3, 0.4) is 0 Å². The van der Waals surface area contributed by atoms with Crippen LogP contribution < -0.4 is 5.32 Å². The first-order valence-electron chi connectivity index (χ1n) is 5.58. The van der Waals surface area contributed by atoms with E-state index in [2.05, 4.69) is 41.9 Å². The molecule has 10 heteroatoms. The smallest absolute Gasteiger partial charge is 0.275 e. The number of rotatable bonds is 4. The summed E-state index contributed by atoms with van der Waals surface area (Å²) in [4.78, 5) is 10.5. The second kappa shape index (κ2) is 6.10. The van der Waals surface area contributed by atoms with Gasteiger partial charge in [0.15, 0.2) is 0 Å². The zero-order valence-corrected chi connectivity index (χ0v) is 12.2. The fourth-order valence-corrected chi connectivity index (χ4v) is 1.97. The van der Waals surface area contributed by atoms with Crippen molar-refractivity contribution in [3.63, 3.8) is 0 Å². The van der Waals surface area contributed by atoms with Crippen LogP contribution in [0.1, 0.15) is 11.4 Å². The molecule has 0 spiro atoms. The lowest BCUT2D eigenvalue weighted by Gasteiger charge is -2.05. The molecular formula is C11H8BrN7O2. The molecule has 0 aliphatic heterocycles. The molecule has 0 unspecified atom stereocenters. The van der Waals surface area contributed by atoms with E-state index in [9.17, 15) is 10.1 Å². The Morgan fingerprint density at radius 1 is 1.62 bits per heavy atom. The zero-order valence-electron chi connectivity index (χ0n) is 10.7. The summed E-state index contributed by atoms with van der Waals surface area (Å²) in [7, 11) is 0. The standard InChI is InChI=1S/C11H8BrN7O2/c1-6-9(12)2-8(3-10(6)19(20)21)14-5-7(4-13)11-15-17-18-16-11/h2-3,5,14H,1H3,(H,15,16,17,18). The molecule has 1 aromatic carbocycles. The number of aromatic nitrogens is 4. The normalized spacial score (nSPS) is 11.0. The number of nitro groups is 1. The summed E-state index contributed by atoms with van der Waals surface area (Å²) >= 11 is 3.26. The minimum atomic E-state index is -0.473. The summed E-state index contributed by atoms with van der Waals surface area (Å²) in [5.41, 5.74) is 1.09. The first-order chi connectivity index (χ1) is 10.0. The van der Waals surface area contributed by atoms with E-state index in [-0.39, 0.29) is 17.1 Å². The van der Waals surface area contributed by atoms with E-state index < -0.39 is 4.92 Å². The fraction of sp³-hybridized carbons (Fsp3) is 0.0909. The van der Waals surface area contributed by atoms with Crippen LogP contribution in [-0.4, -0.2) is 25.5 Å². The maximum absolute atomic E-state index is 11.0. The van der Waals surface area contributed by atoms with Crippen LogP contribution in [0.4, 0.5) is 11.4 Å². The Hall–Kier alpha value is -2.80. The van der Waals surface area contributed by atoms with E-state index in [4.69, 9.17) is 5.26 Å². The number of nitriles is 1. The summed E-state index contributed by atoms with van der Waals surface area (Å²) in [6.07, 6.45) is 1.35. The third kappa shape index (κ3) is 3.21. The maximum Gasteiger partial charge on any atom is 0.275 e. The Balaban J connectivity index is 2.32. The lowest BCUT2D eigenvalue weighted by Crippen LogP contribution is -1.97.